The molecule has 3 rings (SSSR count). The zero-order chi connectivity index (χ0) is 10.8. The molecule has 0 unspecified atom stereocenters. The molecule has 2 aromatic rings. The minimum Gasteiger partial charge on any atom is -0.317 e. The van der Waals surface area contributed by atoms with Gasteiger partial charge in [0.1, 0.15) is 0 Å². The summed E-state index contributed by atoms with van der Waals surface area (Å²) < 4.78 is 2.11. The number of rotatable bonds is 2. The molecule has 3 heteroatoms. The van der Waals surface area contributed by atoms with Crippen molar-refractivity contribution in [1.29, 1.82) is 0 Å². The third kappa shape index (κ3) is 1.95. The lowest BCUT2D eigenvalue weighted by atomic mass is 9.98. The van der Waals surface area contributed by atoms with Crippen LogP contribution in [0, 0.1) is 5.92 Å². The van der Waals surface area contributed by atoms with Crippen molar-refractivity contribution in [3.63, 3.8) is 0 Å². The van der Waals surface area contributed by atoms with E-state index in [-0.39, 0.29) is 0 Å². The Morgan fingerprint density at radius 3 is 2.88 bits per heavy atom. The summed E-state index contributed by atoms with van der Waals surface area (Å²) in [6.07, 6.45) is 4.71. The Hall–Kier alpha value is -1.35. The zero-order valence-corrected chi connectivity index (χ0v) is 9.39. The maximum atomic E-state index is 4.60. The van der Waals surface area contributed by atoms with Crippen LogP contribution in [0.2, 0.25) is 0 Å². The number of nitrogens with zero attached hydrogens (tertiary/aromatic N) is 2. The SMILES string of the molecule is c1ccc2nn(CC3CCNCC3)cc2c1. The Morgan fingerprint density at radius 2 is 2.06 bits per heavy atom. The molecule has 16 heavy (non-hydrogen) atoms. The topological polar surface area (TPSA) is 29.9 Å². The Bertz CT molecular complexity index is 436. The number of fused-ring (bicyclic) bond motifs is 1. The third-order valence-electron chi connectivity index (χ3n) is 3.37. The van der Waals surface area contributed by atoms with Gasteiger partial charge in [0.15, 0.2) is 0 Å². The molecule has 0 bridgehead atoms. The van der Waals surface area contributed by atoms with Crippen molar-refractivity contribution >= 4 is 10.9 Å². The van der Waals surface area contributed by atoms with Crippen LogP contribution in [-0.2, 0) is 6.54 Å². The minimum atomic E-state index is 0.788. The third-order valence-corrected chi connectivity index (χ3v) is 3.37. The van der Waals surface area contributed by atoms with Gasteiger partial charge in [0.25, 0.3) is 0 Å². The molecule has 0 aliphatic carbocycles. The summed E-state index contributed by atoms with van der Waals surface area (Å²) in [6, 6.07) is 8.32. The molecule has 1 aliphatic rings. The molecule has 3 nitrogen and oxygen atoms in total. The summed E-state index contributed by atoms with van der Waals surface area (Å²) >= 11 is 0. The Morgan fingerprint density at radius 1 is 1.25 bits per heavy atom. The van der Waals surface area contributed by atoms with Crippen molar-refractivity contribution in [1.82, 2.24) is 15.1 Å². The second kappa shape index (κ2) is 4.26. The van der Waals surface area contributed by atoms with Crippen LogP contribution in [0.4, 0.5) is 0 Å². The monoisotopic (exact) mass is 215 g/mol. The number of hydrogen-bond acceptors (Lipinski definition) is 2. The first kappa shape index (κ1) is 9.85. The summed E-state index contributed by atoms with van der Waals surface area (Å²) in [6.45, 7) is 3.38. The normalized spacial score (nSPS) is 18.0. The fourth-order valence-electron chi connectivity index (χ4n) is 2.44. The van der Waals surface area contributed by atoms with E-state index in [1.807, 2.05) is 6.07 Å². The average molecular weight is 215 g/mol. The fraction of sp³-hybridized carbons (Fsp3) is 0.462. The Balaban J connectivity index is 1.78. The Kier molecular flexibility index (Phi) is 2.62. The van der Waals surface area contributed by atoms with Crippen molar-refractivity contribution in [2.24, 2.45) is 5.92 Å². The molecule has 0 amide bonds. The summed E-state index contributed by atoms with van der Waals surface area (Å²) in [5.41, 5.74) is 1.11. The van der Waals surface area contributed by atoms with Crippen LogP contribution < -0.4 is 5.32 Å². The summed E-state index contributed by atoms with van der Waals surface area (Å²) in [7, 11) is 0. The molecule has 0 saturated carbocycles. The fourth-order valence-corrected chi connectivity index (χ4v) is 2.44. The van der Waals surface area contributed by atoms with Crippen molar-refractivity contribution < 1.29 is 0 Å². The van der Waals surface area contributed by atoms with Gasteiger partial charge in [0.2, 0.25) is 0 Å². The molecule has 1 fully saturated rings. The maximum Gasteiger partial charge on any atom is 0.0923 e. The standard InChI is InChI=1S/C13H17N3/c1-2-4-13-12(3-1)10-16(15-13)9-11-5-7-14-8-6-11/h1-4,10-11,14H,5-9H2. The highest BCUT2D eigenvalue weighted by Crippen LogP contribution is 2.16. The van der Waals surface area contributed by atoms with Crippen molar-refractivity contribution in [3.8, 4) is 0 Å². The number of hydrogen-bond donors (Lipinski definition) is 1. The minimum absolute atomic E-state index is 0.788. The van der Waals surface area contributed by atoms with E-state index in [1.165, 1.54) is 18.2 Å². The van der Waals surface area contributed by atoms with E-state index in [0.29, 0.717) is 0 Å². The predicted molar refractivity (Wildman–Crippen MR) is 65.3 cm³/mol. The van der Waals surface area contributed by atoms with Gasteiger partial charge in [-0.3, -0.25) is 4.68 Å². The summed E-state index contributed by atoms with van der Waals surface area (Å²) in [4.78, 5) is 0. The lowest BCUT2D eigenvalue weighted by Gasteiger charge is -2.22. The second-order valence-electron chi connectivity index (χ2n) is 4.60. The van der Waals surface area contributed by atoms with Crippen molar-refractivity contribution in [2.45, 2.75) is 19.4 Å². The first-order chi connectivity index (χ1) is 7.92. The van der Waals surface area contributed by atoms with Crippen LogP contribution in [0.25, 0.3) is 10.9 Å². The van der Waals surface area contributed by atoms with Gasteiger partial charge in [-0.2, -0.15) is 5.10 Å². The van der Waals surface area contributed by atoms with E-state index in [0.717, 1.165) is 31.1 Å². The first-order valence-electron chi connectivity index (χ1n) is 6.05. The summed E-state index contributed by atoms with van der Waals surface area (Å²) in [5.74, 6) is 0.788. The van der Waals surface area contributed by atoms with Gasteiger partial charge in [-0.15, -0.1) is 0 Å². The average Bonchev–Trinajstić information content (AvgIpc) is 2.72. The largest absolute Gasteiger partial charge is 0.317 e. The number of nitrogens with one attached hydrogen (secondary N) is 1. The van der Waals surface area contributed by atoms with E-state index in [4.69, 9.17) is 0 Å². The molecule has 1 saturated heterocycles. The molecule has 2 heterocycles. The van der Waals surface area contributed by atoms with Gasteiger partial charge in [-0.25, -0.2) is 0 Å². The predicted octanol–water partition coefficient (Wildman–Crippen LogP) is 2.04. The number of benzene rings is 1. The van der Waals surface area contributed by atoms with E-state index in [9.17, 15) is 0 Å². The van der Waals surface area contributed by atoms with Crippen LogP contribution >= 0.6 is 0 Å². The molecule has 1 aromatic heterocycles. The van der Waals surface area contributed by atoms with E-state index in [1.54, 1.807) is 0 Å². The van der Waals surface area contributed by atoms with Gasteiger partial charge in [0.05, 0.1) is 5.52 Å². The molecule has 1 N–H and O–H groups in total. The van der Waals surface area contributed by atoms with Crippen LogP contribution in [-0.4, -0.2) is 22.9 Å². The summed E-state index contributed by atoms with van der Waals surface area (Å²) in [5, 5.41) is 9.25. The van der Waals surface area contributed by atoms with Crippen LogP contribution in [0.15, 0.2) is 30.5 Å². The second-order valence-corrected chi connectivity index (χ2v) is 4.60. The molecule has 0 spiro atoms. The highest BCUT2D eigenvalue weighted by molar-refractivity contribution is 5.77. The molecule has 0 radical (unpaired) electrons. The maximum absolute atomic E-state index is 4.60. The quantitative estimate of drug-likeness (QED) is 0.830. The van der Waals surface area contributed by atoms with Crippen LogP contribution in [0.3, 0.4) is 0 Å². The van der Waals surface area contributed by atoms with Gasteiger partial charge >= 0.3 is 0 Å². The van der Waals surface area contributed by atoms with Crippen molar-refractivity contribution in [2.75, 3.05) is 13.1 Å². The molecule has 84 valence electrons. The molecule has 1 aliphatic heterocycles. The lowest BCUT2D eigenvalue weighted by molar-refractivity contribution is 0.322. The first-order valence-corrected chi connectivity index (χ1v) is 6.05. The smallest absolute Gasteiger partial charge is 0.0923 e. The van der Waals surface area contributed by atoms with Gasteiger partial charge < -0.3 is 5.32 Å². The van der Waals surface area contributed by atoms with Gasteiger partial charge in [-0.05, 0) is 37.9 Å². The lowest BCUT2D eigenvalue weighted by Crippen LogP contribution is -2.29. The molecular formula is C13H17N3. The van der Waals surface area contributed by atoms with Gasteiger partial charge in [-0.1, -0.05) is 18.2 Å². The Labute approximate surface area is 95.5 Å². The highest BCUT2D eigenvalue weighted by atomic mass is 15.3. The van der Waals surface area contributed by atoms with Crippen LogP contribution in [0.5, 0.6) is 0 Å². The van der Waals surface area contributed by atoms with E-state index >= 15 is 0 Å². The van der Waals surface area contributed by atoms with E-state index < -0.39 is 0 Å². The molecule has 1 aromatic carbocycles. The number of piperidine rings is 1. The highest BCUT2D eigenvalue weighted by Gasteiger charge is 2.13. The van der Waals surface area contributed by atoms with Crippen molar-refractivity contribution in [3.05, 3.63) is 30.5 Å². The zero-order valence-electron chi connectivity index (χ0n) is 9.39. The molecular weight excluding hydrogens is 198 g/mol. The van der Waals surface area contributed by atoms with Crippen LogP contribution in [0.1, 0.15) is 12.8 Å². The van der Waals surface area contributed by atoms with Gasteiger partial charge in [0, 0.05) is 18.1 Å². The molecule has 0 atom stereocenters. The number of aromatic nitrogens is 2. The van der Waals surface area contributed by atoms with E-state index in [2.05, 4.69) is 39.5 Å².